The summed E-state index contributed by atoms with van der Waals surface area (Å²) in [4.78, 5) is 29.7. The van der Waals surface area contributed by atoms with Crippen molar-refractivity contribution < 1.29 is 14.0 Å². The third kappa shape index (κ3) is 3.33. The molecule has 2 amide bonds. The van der Waals surface area contributed by atoms with Gasteiger partial charge in [-0.1, -0.05) is 6.42 Å². The minimum absolute atomic E-state index is 0.150. The number of likely N-dealkylation sites (tertiary alicyclic amines) is 2. The van der Waals surface area contributed by atoms with Gasteiger partial charge in [-0.3, -0.25) is 9.59 Å². The van der Waals surface area contributed by atoms with Gasteiger partial charge in [0.1, 0.15) is 5.76 Å². The quantitative estimate of drug-likeness (QED) is 0.825. The van der Waals surface area contributed by atoms with E-state index in [9.17, 15) is 9.59 Å². The molecule has 2 aliphatic heterocycles. The van der Waals surface area contributed by atoms with Gasteiger partial charge >= 0.3 is 0 Å². The van der Waals surface area contributed by atoms with Crippen LogP contribution < -0.4 is 0 Å². The van der Waals surface area contributed by atoms with E-state index in [1.54, 1.807) is 6.26 Å². The van der Waals surface area contributed by atoms with Gasteiger partial charge in [0.15, 0.2) is 0 Å². The van der Waals surface area contributed by atoms with Crippen LogP contribution >= 0.6 is 0 Å². The van der Waals surface area contributed by atoms with E-state index in [1.165, 1.54) is 19.3 Å². The number of nitrogens with zero attached hydrogens (tertiary/aromatic N) is 2. The maximum absolute atomic E-state index is 13.1. The highest BCUT2D eigenvalue weighted by molar-refractivity contribution is 5.86. The van der Waals surface area contributed by atoms with Crippen molar-refractivity contribution in [2.24, 2.45) is 11.3 Å². The molecule has 5 nitrogen and oxygen atoms in total. The van der Waals surface area contributed by atoms with E-state index in [1.807, 2.05) is 17.0 Å². The molecule has 3 fully saturated rings. The fourth-order valence-electron chi connectivity index (χ4n) is 4.62. The fourth-order valence-corrected chi connectivity index (χ4v) is 4.62. The highest BCUT2D eigenvalue weighted by atomic mass is 16.3. The molecule has 1 aromatic heterocycles. The smallest absolute Gasteiger partial charge is 0.230 e. The van der Waals surface area contributed by atoms with E-state index in [0.717, 1.165) is 44.7 Å². The van der Waals surface area contributed by atoms with E-state index < -0.39 is 0 Å². The molecular formula is C20H28N2O3. The molecule has 0 radical (unpaired) electrons. The van der Waals surface area contributed by atoms with Gasteiger partial charge in [0.2, 0.25) is 11.8 Å². The minimum atomic E-state index is -0.303. The van der Waals surface area contributed by atoms with Crippen LogP contribution in [0.4, 0.5) is 0 Å². The Morgan fingerprint density at radius 3 is 2.84 bits per heavy atom. The first-order valence-corrected chi connectivity index (χ1v) is 9.76. The van der Waals surface area contributed by atoms with Crippen LogP contribution in [-0.4, -0.2) is 47.8 Å². The zero-order chi connectivity index (χ0) is 17.3. The van der Waals surface area contributed by atoms with Crippen molar-refractivity contribution in [3.63, 3.8) is 0 Å². The summed E-state index contributed by atoms with van der Waals surface area (Å²) in [5, 5.41) is 0. The number of carbonyl (C=O) groups excluding carboxylic acids is 2. The van der Waals surface area contributed by atoms with Gasteiger partial charge in [0, 0.05) is 39.0 Å². The van der Waals surface area contributed by atoms with Crippen LogP contribution in [0.2, 0.25) is 0 Å². The summed E-state index contributed by atoms with van der Waals surface area (Å²) in [6.07, 6.45) is 9.45. The lowest BCUT2D eigenvalue weighted by atomic mass is 9.77. The van der Waals surface area contributed by atoms with Crippen LogP contribution in [0, 0.1) is 11.3 Å². The molecule has 5 heteroatoms. The summed E-state index contributed by atoms with van der Waals surface area (Å²) in [7, 11) is 0. The highest BCUT2D eigenvalue weighted by Gasteiger charge is 2.49. The molecule has 1 aliphatic carbocycles. The topological polar surface area (TPSA) is 53.8 Å². The van der Waals surface area contributed by atoms with E-state index in [0.29, 0.717) is 31.2 Å². The molecule has 0 N–H and O–H groups in total. The summed E-state index contributed by atoms with van der Waals surface area (Å²) in [6.45, 7) is 3.18. The molecular weight excluding hydrogens is 316 g/mol. The average molecular weight is 344 g/mol. The van der Waals surface area contributed by atoms with Gasteiger partial charge in [-0.2, -0.15) is 0 Å². The Morgan fingerprint density at radius 1 is 1.24 bits per heavy atom. The minimum Gasteiger partial charge on any atom is -0.469 e. The number of hydrogen-bond acceptors (Lipinski definition) is 3. The van der Waals surface area contributed by atoms with E-state index in [2.05, 4.69) is 4.90 Å². The Hall–Kier alpha value is -1.78. The molecule has 1 aromatic rings. The van der Waals surface area contributed by atoms with Gasteiger partial charge in [-0.05, 0) is 50.2 Å². The van der Waals surface area contributed by atoms with Crippen LogP contribution in [0.1, 0.15) is 50.7 Å². The van der Waals surface area contributed by atoms with E-state index in [-0.39, 0.29) is 11.3 Å². The Labute approximate surface area is 149 Å². The first-order valence-electron chi connectivity index (χ1n) is 9.76. The summed E-state index contributed by atoms with van der Waals surface area (Å²) in [6, 6.07) is 3.75. The van der Waals surface area contributed by atoms with Crippen LogP contribution in [0.3, 0.4) is 0 Å². The molecule has 136 valence electrons. The summed E-state index contributed by atoms with van der Waals surface area (Å²) in [5.74, 6) is 2.03. The molecule has 4 rings (SSSR count). The summed E-state index contributed by atoms with van der Waals surface area (Å²) >= 11 is 0. The van der Waals surface area contributed by atoms with Crippen molar-refractivity contribution in [1.29, 1.82) is 0 Å². The lowest BCUT2D eigenvalue weighted by molar-refractivity contribution is -0.147. The Balaban J connectivity index is 1.34. The summed E-state index contributed by atoms with van der Waals surface area (Å²) in [5.41, 5.74) is -0.303. The van der Waals surface area contributed by atoms with Crippen LogP contribution in [-0.2, 0) is 16.0 Å². The predicted octanol–water partition coefficient (Wildman–Crippen LogP) is 2.85. The van der Waals surface area contributed by atoms with Crippen molar-refractivity contribution in [2.75, 3.05) is 26.2 Å². The van der Waals surface area contributed by atoms with E-state index in [4.69, 9.17) is 4.42 Å². The number of aryl methyl sites for hydroxylation is 1. The molecule has 1 saturated carbocycles. The molecule has 0 bridgehead atoms. The average Bonchev–Trinajstić information content (AvgIpc) is 3.23. The maximum Gasteiger partial charge on any atom is 0.230 e. The number of piperidine rings is 1. The molecule has 2 saturated heterocycles. The van der Waals surface area contributed by atoms with Gasteiger partial charge < -0.3 is 14.2 Å². The Bertz CT molecular complexity index is 623. The van der Waals surface area contributed by atoms with E-state index >= 15 is 0 Å². The monoisotopic (exact) mass is 344 g/mol. The first-order chi connectivity index (χ1) is 12.2. The lowest BCUT2D eigenvalue weighted by Gasteiger charge is -2.42. The largest absolute Gasteiger partial charge is 0.469 e. The van der Waals surface area contributed by atoms with Gasteiger partial charge in [0.05, 0.1) is 11.7 Å². The third-order valence-corrected chi connectivity index (χ3v) is 6.40. The zero-order valence-electron chi connectivity index (χ0n) is 14.9. The second kappa shape index (κ2) is 6.85. The molecule has 1 spiro atoms. The molecule has 1 atom stereocenters. The molecule has 3 aliphatic rings. The number of amides is 2. The number of furan rings is 1. The number of hydrogen-bond donors (Lipinski definition) is 0. The SMILES string of the molecule is O=C(CCc1ccco1)N1CCC2(CCCN(CC3CCC3)C2=O)C1. The number of rotatable bonds is 5. The molecule has 1 unspecified atom stereocenters. The fraction of sp³-hybridized carbons (Fsp3) is 0.700. The first kappa shape index (κ1) is 16.7. The number of carbonyl (C=O) groups is 2. The molecule has 25 heavy (non-hydrogen) atoms. The van der Waals surface area contributed by atoms with Crippen LogP contribution in [0.15, 0.2) is 22.8 Å². The van der Waals surface area contributed by atoms with Crippen LogP contribution in [0.25, 0.3) is 0 Å². The zero-order valence-corrected chi connectivity index (χ0v) is 14.9. The Morgan fingerprint density at radius 2 is 2.12 bits per heavy atom. The molecule has 0 aromatic carbocycles. The lowest BCUT2D eigenvalue weighted by Crippen LogP contribution is -2.52. The Kier molecular flexibility index (Phi) is 4.57. The predicted molar refractivity (Wildman–Crippen MR) is 93.8 cm³/mol. The van der Waals surface area contributed by atoms with Crippen molar-refractivity contribution in [3.8, 4) is 0 Å². The second-order valence-electron chi connectivity index (χ2n) is 8.08. The van der Waals surface area contributed by atoms with Gasteiger partial charge in [0.25, 0.3) is 0 Å². The normalized spacial score (nSPS) is 27.1. The maximum atomic E-state index is 13.1. The highest BCUT2D eigenvalue weighted by Crippen LogP contribution is 2.41. The van der Waals surface area contributed by atoms with Gasteiger partial charge in [-0.15, -0.1) is 0 Å². The van der Waals surface area contributed by atoms with Crippen molar-refractivity contribution in [2.45, 2.75) is 51.4 Å². The van der Waals surface area contributed by atoms with Gasteiger partial charge in [-0.25, -0.2) is 0 Å². The van der Waals surface area contributed by atoms with Crippen molar-refractivity contribution in [3.05, 3.63) is 24.2 Å². The molecule has 3 heterocycles. The third-order valence-electron chi connectivity index (χ3n) is 6.40. The van der Waals surface area contributed by atoms with Crippen molar-refractivity contribution >= 4 is 11.8 Å². The van der Waals surface area contributed by atoms with Crippen molar-refractivity contribution in [1.82, 2.24) is 9.80 Å². The standard InChI is InChI=1S/C20H28N2O3/c23-18(8-7-17-6-2-13-25-17)22-12-10-20(15-22)9-3-11-21(19(20)24)14-16-4-1-5-16/h2,6,13,16H,1,3-5,7-12,14-15H2. The second-order valence-corrected chi connectivity index (χ2v) is 8.08. The summed E-state index contributed by atoms with van der Waals surface area (Å²) < 4.78 is 5.31. The van der Waals surface area contributed by atoms with Crippen LogP contribution in [0.5, 0.6) is 0 Å².